The van der Waals surface area contributed by atoms with Crippen molar-refractivity contribution in [3.05, 3.63) is 59.8 Å². The summed E-state index contributed by atoms with van der Waals surface area (Å²) < 4.78 is 18.1. The van der Waals surface area contributed by atoms with Crippen molar-refractivity contribution in [3.63, 3.8) is 0 Å². The first-order valence-corrected chi connectivity index (χ1v) is 8.38. The molecule has 1 atom stereocenters. The van der Waals surface area contributed by atoms with Gasteiger partial charge in [0.05, 0.1) is 6.26 Å². The van der Waals surface area contributed by atoms with E-state index in [1.165, 1.54) is 24.5 Å². The molecule has 0 saturated heterocycles. The zero-order valence-electron chi connectivity index (χ0n) is 14.0. The molecule has 0 unspecified atom stereocenters. The molecule has 2 amide bonds. The number of halogens is 1. The average molecular weight is 344 g/mol. The number of furan rings is 1. The fourth-order valence-corrected chi connectivity index (χ4v) is 3.12. The number of carbonyl (C=O) groups is 2. The molecule has 1 saturated carbocycles. The third-order valence-electron chi connectivity index (χ3n) is 4.85. The van der Waals surface area contributed by atoms with Crippen molar-refractivity contribution in [2.24, 2.45) is 0 Å². The van der Waals surface area contributed by atoms with Crippen LogP contribution in [0.2, 0.25) is 0 Å². The van der Waals surface area contributed by atoms with Crippen LogP contribution in [0.25, 0.3) is 0 Å². The van der Waals surface area contributed by atoms with Crippen molar-refractivity contribution >= 4 is 11.8 Å². The Labute approximate surface area is 145 Å². The number of benzene rings is 1. The van der Waals surface area contributed by atoms with Crippen LogP contribution >= 0.6 is 0 Å². The summed E-state index contributed by atoms with van der Waals surface area (Å²) in [5, 5.41) is 5.52. The lowest BCUT2D eigenvalue weighted by molar-refractivity contribution is -0.123. The SMILES string of the molecule is C[C@H](NC(=O)c1ccco1)C(=O)NCC1(c2ccc(F)cc2)CCC1. The first-order chi connectivity index (χ1) is 12.0. The highest BCUT2D eigenvalue weighted by atomic mass is 19.1. The van der Waals surface area contributed by atoms with E-state index in [-0.39, 0.29) is 22.9 Å². The Morgan fingerprint density at radius 2 is 1.96 bits per heavy atom. The Hall–Kier alpha value is -2.63. The maximum absolute atomic E-state index is 13.1. The molecule has 0 bridgehead atoms. The zero-order valence-corrected chi connectivity index (χ0v) is 14.0. The number of nitrogens with one attached hydrogen (secondary N) is 2. The van der Waals surface area contributed by atoms with Crippen LogP contribution in [0.15, 0.2) is 47.1 Å². The van der Waals surface area contributed by atoms with Crippen LogP contribution in [0.4, 0.5) is 4.39 Å². The lowest BCUT2D eigenvalue weighted by Gasteiger charge is -2.42. The summed E-state index contributed by atoms with van der Waals surface area (Å²) >= 11 is 0. The van der Waals surface area contributed by atoms with Crippen LogP contribution in [0.3, 0.4) is 0 Å². The zero-order chi connectivity index (χ0) is 17.9. The quantitative estimate of drug-likeness (QED) is 0.846. The number of hydrogen-bond acceptors (Lipinski definition) is 3. The van der Waals surface area contributed by atoms with E-state index >= 15 is 0 Å². The van der Waals surface area contributed by atoms with E-state index in [1.54, 1.807) is 25.1 Å². The van der Waals surface area contributed by atoms with Gasteiger partial charge in [0.25, 0.3) is 5.91 Å². The maximum atomic E-state index is 13.1. The maximum Gasteiger partial charge on any atom is 0.287 e. The Balaban J connectivity index is 1.57. The normalized spacial score (nSPS) is 16.6. The van der Waals surface area contributed by atoms with E-state index in [2.05, 4.69) is 10.6 Å². The van der Waals surface area contributed by atoms with Crippen LogP contribution in [0.5, 0.6) is 0 Å². The Kier molecular flexibility index (Phi) is 4.88. The van der Waals surface area contributed by atoms with Gasteiger partial charge in [-0.2, -0.15) is 0 Å². The molecule has 1 fully saturated rings. The molecule has 0 aliphatic heterocycles. The molecule has 3 rings (SSSR count). The van der Waals surface area contributed by atoms with Gasteiger partial charge in [0.15, 0.2) is 5.76 Å². The third-order valence-corrected chi connectivity index (χ3v) is 4.85. The summed E-state index contributed by atoms with van der Waals surface area (Å²) in [5.74, 6) is -0.782. The second-order valence-corrected chi connectivity index (χ2v) is 6.53. The van der Waals surface area contributed by atoms with E-state index < -0.39 is 11.9 Å². The molecule has 2 N–H and O–H groups in total. The molecule has 0 spiro atoms. The summed E-state index contributed by atoms with van der Waals surface area (Å²) in [6.45, 7) is 2.10. The summed E-state index contributed by atoms with van der Waals surface area (Å²) in [6, 6.07) is 8.93. The van der Waals surface area contributed by atoms with Crippen LogP contribution in [-0.2, 0) is 10.2 Å². The topological polar surface area (TPSA) is 71.3 Å². The molecule has 25 heavy (non-hydrogen) atoms. The Morgan fingerprint density at radius 1 is 1.24 bits per heavy atom. The van der Waals surface area contributed by atoms with Crippen molar-refractivity contribution in [2.45, 2.75) is 37.6 Å². The minimum absolute atomic E-state index is 0.145. The van der Waals surface area contributed by atoms with Crippen LogP contribution in [0.1, 0.15) is 42.3 Å². The van der Waals surface area contributed by atoms with Gasteiger partial charge in [-0.15, -0.1) is 0 Å². The predicted molar refractivity (Wildman–Crippen MR) is 90.6 cm³/mol. The molecule has 0 radical (unpaired) electrons. The van der Waals surface area contributed by atoms with Gasteiger partial charge in [-0.3, -0.25) is 9.59 Å². The van der Waals surface area contributed by atoms with Crippen molar-refractivity contribution < 1.29 is 18.4 Å². The number of carbonyl (C=O) groups excluding carboxylic acids is 2. The lowest BCUT2D eigenvalue weighted by Crippen LogP contribution is -2.51. The van der Waals surface area contributed by atoms with Crippen LogP contribution in [0, 0.1) is 5.82 Å². The van der Waals surface area contributed by atoms with Crippen LogP contribution in [-0.4, -0.2) is 24.4 Å². The standard InChI is InChI=1S/C19H21FN2O3/c1-13(22-18(24)16-4-2-11-25-16)17(23)21-12-19(9-3-10-19)14-5-7-15(20)8-6-14/h2,4-8,11,13H,3,9-10,12H2,1H3,(H,21,23)(H,22,24)/t13-/m0/s1. The Morgan fingerprint density at radius 3 is 2.52 bits per heavy atom. The van der Waals surface area contributed by atoms with Gasteiger partial charge in [0, 0.05) is 12.0 Å². The lowest BCUT2D eigenvalue weighted by atomic mass is 9.64. The number of amides is 2. The highest BCUT2D eigenvalue weighted by Crippen LogP contribution is 2.43. The minimum atomic E-state index is -0.678. The summed E-state index contributed by atoms with van der Waals surface area (Å²) in [4.78, 5) is 24.2. The van der Waals surface area contributed by atoms with E-state index in [0.717, 1.165) is 24.8 Å². The van der Waals surface area contributed by atoms with E-state index in [0.29, 0.717) is 6.54 Å². The molecule has 1 aliphatic carbocycles. The summed E-state index contributed by atoms with van der Waals surface area (Å²) in [6.07, 6.45) is 4.39. The first-order valence-electron chi connectivity index (χ1n) is 8.38. The van der Waals surface area contributed by atoms with Gasteiger partial charge in [0.2, 0.25) is 5.91 Å². The molecular formula is C19H21FN2O3. The third kappa shape index (κ3) is 3.73. The van der Waals surface area contributed by atoms with Gasteiger partial charge in [-0.05, 0) is 49.6 Å². The van der Waals surface area contributed by atoms with Gasteiger partial charge < -0.3 is 15.1 Å². The molecule has 1 heterocycles. The molecule has 5 nitrogen and oxygen atoms in total. The first kappa shape index (κ1) is 17.2. The van der Waals surface area contributed by atoms with E-state index in [1.807, 2.05) is 0 Å². The average Bonchev–Trinajstić information content (AvgIpc) is 3.09. The largest absolute Gasteiger partial charge is 0.459 e. The fourth-order valence-electron chi connectivity index (χ4n) is 3.12. The molecule has 1 aromatic heterocycles. The van der Waals surface area contributed by atoms with Crippen molar-refractivity contribution in [2.75, 3.05) is 6.54 Å². The van der Waals surface area contributed by atoms with Gasteiger partial charge in [-0.1, -0.05) is 18.6 Å². The van der Waals surface area contributed by atoms with Gasteiger partial charge in [0.1, 0.15) is 11.9 Å². The van der Waals surface area contributed by atoms with Gasteiger partial charge in [-0.25, -0.2) is 4.39 Å². The second-order valence-electron chi connectivity index (χ2n) is 6.53. The van der Waals surface area contributed by atoms with E-state index in [4.69, 9.17) is 4.42 Å². The van der Waals surface area contributed by atoms with E-state index in [9.17, 15) is 14.0 Å². The molecule has 6 heteroatoms. The van der Waals surface area contributed by atoms with Gasteiger partial charge >= 0.3 is 0 Å². The Bertz CT molecular complexity index is 737. The summed E-state index contributed by atoms with van der Waals surface area (Å²) in [7, 11) is 0. The van der Waals surface area contributed by atoms with Crippen molar-refractivity contribution in [1.29, 1.82) is 0 Å². The smallest absolute Gasteiger partial charge is 0.287 e. The molecule has 1 aliphatic rings. The molecular weight excluding hydrogens is 323 g/mol. The fraction of sp³-hybridized carbons (Fsp3) is 0.368. The summed E-state index contributed by atoms with van der Waals surface area (Å²) in [5.41, 5.74) is 0.890. The minimum Gasteiger partial charge on any atom is -0.459 e. The molecule has 132 valence electrons. The number of rotatable bonds is 6. The van der Waals surface area contributed by atoms with Crippen molar-refractivity contribution in [3.8, 4) is 0 Å². The molecule has 1 aromatic carbocycles. The highest BCUT2D eigenvalue weighted by molar-refractivity contribution is 5.95. The predicted octanol–water partition coefficient (Wildman–Crippen LogP) is 2.78. The highest BCUT2D eigenvalue weighted by Gasteiger charge is 2.39. The monoisotopic (exact) mass is 344 g/mol. The number of hydrogen-bond donors (Lipinski definition) is 2. The molecule has 2 aromatic rings. The van der Waals surface area contributed by atoms with Crippen LogP contribution < -0.4 is 10.6 Å². The van der Waals surface area contributed by atoms with Crippen molar-refractivity contribution in [1.82, 2.24) is 10.6 Å². The second kappa shape index (κ2) is 7.09.